The fourth-order valence-corrected chi connectivity index (χ4v) is 3.62. The van der Waals surface area contributed by atoms with E-state index in [1.165, 1.54) is 6.42 Å². The van der Waals surface area contributed by atoms with E-state index in [-0.39, 0.29) is 12.0 Å². The molecule has 1 saturated heterocycles. The molecule has 4 rings (SSSR count). The van der Waals surface area contributed by atoms with Crippen molar-refractivity contribution in [3.8, 4) is 0 Å². The van der Waals surface area contributed by atoms with Crippen LogP contribution in [-0.4, -0.2) is 45.3 Å². The fourth-order valence-electron chi connectivity index (χ4n) is 3.50. The number of aromatic nitrogens is 3. The van der Waals surface area contributed by atoms with Crippen LogP contribution >= 0.6 is 11.6 Å². The van der Waals surface area contributed by atoms with Crippen molar-refractivity contribution in [1.29, 1.82) is 0 Å². The number of ether oxygens (including phenoxy) is 1. The minimum atomic E-state index is -0.138. The number of rotatable bonds is 2. The molecule has 0 radical (unpaired) electrons. The quantitative estimate of drug-likeness (QED) is 0.826. The Bertz CT molecular complexity index is 759. The predicted molar refractivity (Wildman–Crippen MR) is 93.6 cm³/mol. The van der Waals surface area contributed by atoms with E-state index in [0.29, 0.717) is 30.5 Å². The Balaban J connectivity index is 1.52. The Morgan fingerprint density at radius 1 is 1.12 bits per heavy atom. The molecule has 0 saturated carbocycles. The molecule has 7 heteroatoms. The lowest BCUT2D eigenvalue weighted by molar-refractivity contribution is -0.0234. The normalized spacial score (nSPS) is 20.8. The van der Waals surface area contributed by atoms with Gasteiger partial charge >= 0.3 is 0 Å². The van der Waals surface area contributed by atoms with Crippen molar-refractivity contribution >= 4 is 17.5 Å². The van der Waals surface area contributed by atoms with Crippen molar-refractivity contribution in [2.75, 3.05) is 19.7 Å². The lowest BCUT2D eigenvalue weighted by Gasteiger charge is -2.33. The van der Waals surface area contributed by atoms with E-state index in [0.717, 1.165) is 37.2 Å². The van der Waals surface area contributed by atoms with E-state index in [1.54, 1.807) is 0 Å². The number of aryl methyl sites for hydroxylation is 1. The first-order valence-electron chi connectivity index (χ1n) is 8.81. The Morgan fingerprint density at radius 2 is 1.96 bits per heavy atom. The zero-order chi connectivity index (χ0) is 17.2. The fraction of sp³-hybridized carbons (Fsp3) is 0.500. The van der Waals surface area contributed by atoms with Crippen molar-refractivity contribution in [2.45, 2.75) is 38.3 Å². The van der Waals surface area contributed by atoms with Gasteiger partial charge in [-0.3, -0.25) is 4.79 Å². The molecule has 0 unspecified atom stereocenters. The molecular weight excluding hydrogens is 340 g/mol. The van der Waals surface area contributed by atoms with Gasteiger partial charge in [-0.1, -0.05) is 30.2 Å². The van der Waals surface area contributed by atoms with Gasteiger partial charge in [-0.05, 0) is 30.5 Å². The molecule has 0 bridgehead atoms. The average molecular weight is 361 g/mol. The molecular formula is C18H21ClN4O2. The Morgan fingerprint density at radius 3 is 2.80 bits per heavy atom. The van der Waals surface area contributed by atoms with Crippen LogP contribution in [0.25, 0.3) is 0 Å². The van der Waals surface area contributed by atoms with E-state index in [4.69, 9.17) is 16.3 Å². The summed E-state index contributed by atoms with van der Waals surface area (Å²) in [6.07, 6.45) is 4.12. The second-order valence-electron chi connectivity index (χ2n) is 6.56. The van der Waals surface area contributed by atoms with Crippen LogP contribution in [0.3, 0.4) is 0 Å². The van der Waals surface area contributed by atoms with Gasteiger partial charge in [0.15, 0.2) is 0 Å². The Hall–Kier alpha value is -1.92. The third kappa shape index (κ3) is 3.41. The molecule has 0 N–H and O–H groups in total. The van der Waals surface area contributed by atoms with Crippen molar-refractivity contribution in [3.05, 3.63) is 46.5 Å². The van der Waals surface area contributed by atoms with Gasteiger partial charge in [-0.15, -0.1) is 10.2 Å². The molecule has 1 amide bonds. The van der Waals surface area contributed by atoms with E-state index in [9.17, 15) is 4.79 Å². The highest BCUT2D eigenvalue weighted by Crippen LogP contribution is 2.25. The number of morpholine rings is 1. The average Bonchev–Trinajstić information content (AvgIpc) is 2.90. The minimum Gasteiger partial charge on any atom is -0.370 e. The molecule has 25 heavy (non-hydrogen) atoms. The van der Waals surface area contributed by atoms with Gasteiger partial charge in [-0.25, -0.2) is 0 Å². The maximum atomic E-state index is 13.0. The second-order valence-corrected chi connectivity index (χ2v) is 7.00. The number of hydrogen-bond acceptors (Lipinski definition) is 4. The van der Waals surface area contributed by atoms with Crippen molar-refractivity contribution in [3.63, 3.8) is 0 Å². The third-order valence-corrected chi connectivity index (χ3v) is 5.15. The maximum Gasteiger partial charge on any atom is 0.291 e. The summed E-state index contributed by atoms with van der Waals surface area (Å²) in [6, 6.07) is 7.59. The van der Waals surface area contributed by atoms with Crippen LogP contribution in [0, 0.1) is 0 Å². The van der Waals surface area contributed by atoms with Crippen molar-refractivity contribution in [2.24, 2.45) is 0 Å². The number of amides is 1. The molecule has 0 spiro atoms. The molecule has 1 fully saturated rings. The van der Waals surface area contributed by atoms with Crippen molar-refractivity contribution < 1.29 is 9.53 Å². The molecule has 1 atom stereocenters. The predicted octanol–water partition coefficient (Wildman–Crippen LogP) is 2.87. The van der Waals surface area contributed by atoms with Gasteiger partial charge in [0.05, 0.1) is 13.2 Å². The SMILES string of the molecule is O=C(c1nnc2n1CCCCC2)N1CCO[C@@H](c2ccc(Cl)cc2)C1. The first-order chi connectivity index (χ1) is 12.2. The van der Waals surface area contributed by atoms with Crippen LogP contribution in [-0.2, 0) is 17.7 Å². The summed E-state index contributed by atoms with van der Waals surface area (Å²) >= 11 is 5.95. The van der Waals surface area contributed by atoms with Gasteiger partial charge in [0.1, 0.15) is 11.9 Å². The number of carbonyl (C=O) groups excluding carboxylic acids is 1. The number of halogens is 1. The Kier molecular flexibility index (Phi) is 4.72. The van der Waals surface area contributed by atoms with Gasteiger partial charge in [0.25, 0.3) is 5.91 Å². The first-order valence-corrected chi connectivity index (χ1v) is 9.18. The van der Waals surface area contributed by atoms with E-state index in [2.05, 4.69) is 10.2 Å². The molecule has 2 aliphatic rings. The smallest absolute Gasteiger partial charge is 0.291 e. The number of hydrogen-bond donors (Lipinski definition) is 0. The number of carbonyl (C=O) groups is 1. The third-order valence-electron chi connectivity index (χ3n) is 4.90. The molecule has 132 valence electrons. The van der Waals surface area contributed by atoms with E-state index < -0.39 is 0 Å². The lowest BCUT2D eigenvalue weighted by Crippen LogP contribution is -2.43. The van der Waals surface area contributed by atoms with Crippen LogP contribution in [0.1, 0.15) is 47.4 Å². The highest BCUT2D eigenvalue weighted by Gasteiger charge is 2.30. The van der Waals surface area contributed by atoms with Crippen molar-refractivity contribution in [1.82, 2.24) is 19.7 Å². The highest BCUT2D eigenvalue weighted by atomic mass is 35.5. The molecule has 2 aromatic rings. The zero-order valence-corrected chi connectivity index (χ0v) is 14.8. The molecule has 6 nitrogen and oxygen atoms in total. The summed E-state index contributed by atoms with van der Waals surface area (Å²) in [5.41, 5.74) is 1.03. The molecule has 1 aromatic carbocycles. The van der Waals surface area contributed by atoms with Crippen LogP contribution in [0.2, 0.25) is 5.02 Å². The zero-order valence-electron chi connectivity index (χ0n) is 14.0. The van der Waals surface area contributed by atoms with E-state index >= 15 is 0 Å². The van der Waals surface area contributed by atoms with E-state index in [1.807, 2.05) is 33.7 Å². The molecule has 1 aromatic heterocycles. The minimum absolute atomic E-state index is 0.0529. The Labute approximate surface area is 151 Å². The summed E-state index contributed by atoms with van der Waals surface area (Å²) in [5, 5.41) is 9.12. The number of fused-ring (bicyclic) bond motifs is 1. The van der Waals surface area contributed by atoms with Crippen LogP contribution in [0.4, 0.5) is 0 Å². The largest absolute Gasteiger partial charge is 0.370 e. The standard InChI is InChI=1S/C18H21ClN4O2/c19-14-7-5-13(6-8-14)15-12-22(10-11-25-15)18(24)17-21-20-16-4-2-1-3-9-23(16)17/h5-8,15H,1-4,9-12H2/t15-/m1/s1. The van der Waals surface area contributed by atoms with Crippen LogP contribution in [0.15, 0.2) is 24.3 Å². The van der Waals surface area contributed by atoms with Gasteiger partial charge < -0.3 is 14.2 Å². The summed E-state index contributed by atoms with van der Waals surface area (Å²) in [5.74, 6) is 1.35. The first kappa shape index (κ1) is 16.5. The highest BCUT2D eigenvalue weighted by molar-refractivity contribution is 6.30. The summed E-state index contributed by atoms with van der Waals surface area (Å²) in [4.78, 5) is 14.8. The molecule has 3 heterocycles. The summed E-state index contributed by atoms with van der Waals surface area (Å²) in [7, 11) is 0. The number of benzene rings is 1. The topological polar surface area (TPSA) is 60.2 Å². The van der Waals surface area contributed by atoms with Gasteiger partial charge in [-0.2, -0.15) is 0 Å². The van der Waals surface area contributed by atoms with Crippen LogP contribution < -0.4 is 0 Å². The summed E-state index contributed by atoms with van der Waals surface area (Å²) in [6.45, 7) is 2.43. The lowest BCUT2D eigenvalue weighted by atomic mass is 10.1. The monoisotopic (exact) mass is 360 g/mol. The second kappa shape index (κ2) is 7.14. The van der Waals surface area contributed by atoms with Gasteiger partial charge in [0.2, 0.25) is 5.82 Å². The summed E-state index contributed by atoms with van der Waals surface area (Å²) < 4.78 is 7.86. The maximum absolute atomic E-state index is 13.0. The molecule has 0 aliphatic carbocycles. The number of nitrogens with zero attached hydrogens (tertiary/aromatic N) is 4. The van der Waals surface area contributed by atoms with Crippen LogP contribution in [0.5, 0.6) is 0 Å². The van der Waals surface area contributed by atoms with Gasteiger partial charge in [0, 0.05) is 24.5 Å². The molecule has 2 aliphatic heterocycles.